The Labute approximate surface area is 122 Å². The molecule has 0 unspecified atom stereocenters. The molecular weight excluding hydrogens is 432 g/mol. The van der Waals surface area contributed by atoms with E-state index in [1.165, 1.54) is 12.0 Å². The van der Waals surface area contributed by atoms with E-state index in [4.69, 9.17) is 10.5 Å². The van der Waals surface area contributed by atoms with Crippen LogP contribution in [0, 0.1) is 0 Å². The largest absolute Gasteiger partial charge is 0.423 e. The zero-order chi connectivity index (χ0) is 12.0. The number of rotatable bonds is 6. The average Bonchev–Trinajstić information content (AvgIpc) is 2.28. The lowest BCUT2D eigenvalue weighted by atomic mass is 10.0. The summed E-state index contributed by atoms with van der Waals surface area (Å²) in [6.07, 6.45) is 1.89. The fourth-order valence-corrected chi connectivity index (χ4v) is 2.67. The van der Waals surface area contributed by atoms with Crippen LogP contribution in [0.15, 0.2) is 12.1 Å². The Morgan fingerprint density at radius 3 is 2.50 bits per heavy atom. The van der Waals surface area contributed by atoms with Crippen LogP contribution in [0.3, 0.4) is 0 Å². The molecule has 0 aliphatic carbocycles. The van der Waals surface area contributed by atoms with Crippen molar-refractivity contribution in [3.8, 4) is 5.75 Å². The van der Waals surface area contributed by atoms with Crippen LogP contribution >= 0.6 is 45.2 Å². The van der Waals surface area contributed by atoms with Crippen LogP contribution in [-0.2, 0) is 17.6 Å². The topological polar surface area (TPSA) is 52.3 Å². The first-order chi connectivity index (χ1) is 7.74. The molecule has 1 aromatic carbocycles. The van der Waals surface area contributed by atoms with Crippen LogP contribution in [0.2, 0.25) is 0 Å². The third kappa shape index (κ3) is 3.47. The number of carbonyl (C=O) groups excluding carboxylic acids is 1. The number of nitrogen functional groups attached to an aromatic ring is 1. The Hall–Kier alpha value is -0.0500. The van der Waals surface area contributed by atoms with Crippen molar-refractivity contribution in [2.45, 2.75) is 12.8 Å². The van der Waals surface area contributed by atoms with Crippen LogP contribution in [-0.4, -0.2) is 15.3 Å². The lowest BCUT2D eigenvalue weighted by Gasteiger charge is -2.13. The standard InChI is InChI=1S/C11H12I2NO2/c12-5-3-8-1-2-10(16-7-15)11(14)9(8)4-6-13/h1-2H,3-6,14H2. The summed E-state index contributed by atoms with van der Waals surface area (Å²) in [5.41, 5.74) is 8.88. The van der Waals surface area contributed by atoms with Crippen molar-refractivity contribution in [1.82, 2.24) is 0 Å². The molecule has 0 amide bonds. The molecule has 0 heterocycles. The Balaban J connectivity index is 3.12. The van der Waals surface area contributed by atoms with Crippen LogP contribution in [0.5, 0.6) is 5.75 Å². The number of anilines is 1. The number of hydrogen-bond acceptors (Lipinski definition) is 3. The first-order valence-corrected chi connectivity index (χ1v) is 7.85. The van der Waals surface area contributed by atoms with Gasteiger partial charge in [-0.2, -0.15) is 0 Å². The van der Waals surface area contributed by atoms with Crippen molar-refractivity contribution >= 4 is 57.3 Å². The molecule has 0 atom stereocenters. The summed E-state index contributed by atoms with van der Waals surface area (Å²) in [5.74, 6) is 0.409. The van der Waals surface area contributed by atoms with Gasteiger partial charge in [0.05, 0.1) is 5.69 Å². The zero-order valence-electron chi connectivity index (χ0n) is 8.63. The molecule has 5 heteroatoms. The summed E-state index contributed by atoms with van der Waals surface area (Å²) >= 11 is 4.65. The predicted molar refractivity (Wildman–Crippen MR) is 82.4 cm³/mol. The average molecular weight is 444 g/mol. The summed E-state index contributed by atoms with van der Waals surface area (Å²) in [6, 6.07) is 3.71. The van der Waals surface area contributed by atoms with E-state index in [0.717, 1.165) is 27.3 Å². The minimum Gasteiger partial charge on any atom is -0.416 e. The molecule has 0 saturated carbocycles. The van der Waals surface area contributed by atoms with Gasteiger partial charge in [0.25, 0.3) is 0 Å². The number of benzene rings is 1. The second kappa shape index (κ2) is 7.31. The first kappa shape index (κ1) is 14.0. The second-order valence-electron chi connectivity index (χ2n) is 3.18. The summed E-state index contributed by atoms with van der Waals surface area (Å²) in [7, 11) is 0. The number of nitrogens with two attached hydrogens (primary N) is 1. The van der Waals surface area contributed by atoms with Crippen LogP contribution in [0.1, 0.15) is 11.1 Å². The molecule has 0 bridgehead atoms. The molecule has 16 heavy (non-hydrogen) atoms. The third-order valence-corrected chi connectivity index (χ3v) is 3.35. The van der Waals surface area contributed by atoms with Crippen molar-refractivity contribution in [2.75, 3.05) is 14.6 Å². The van der Waals surface area contributed by atoms with Crippen molar-refractivity contribution in [3.63, 3.8) is 0 Å². The Morgan fingerprint density at radius 1 is 1.25 bits per heavy atom. The van der Waals surface area contributed by atoms with Crippen LogP contribution in [0.4, 0.5) is 5.69 Å². The van der Waals surface area contributed by atoms with E-state index in [0.29, 0.717) is 11.4 Å². The molecule has 0 aromatic heterocycles. The smallest absolute Gasteiger partial charge is 0.416 e. The van der Waals surface area contributed by atoms with Crippen LogP contribution < -0.4 is 10.5 Å². The molecule has 0 saturated heterocycles. The number of hydrogen-bond donors (Lipinski definition) is 1. The van der Waals surface area contributed by atoms with Crippen molar-refractivity contribution in [2.24, 2.45) is 0 Å². The van der Waals surface area contributed by atoms with Gasteiger partial charge in [0.2, 0.25) is 0 Å². The van der Waals surface area contributed by atoms with E-state index in [1.54, 1.807) is 6.07 Å². The molecule has 0 aliphatic rings. The van der Waals surface area contributed by atoms with Gasteiger partial charge in [0, 0.05) is 8.86 Å². The molecule has 0 aliphatic heterocycles. The number of halogens is 2. The molecule has 3 nitrogen and oxygen atoms in total. The SMILES string of the molecule is Nc1c(O[C]=O)ccc(CCI)c1CCI. The quantitative estimate of drug-likeness (QED) is 0.418. The fraction of sp³-hybridized carbons (Fsp3) is 0.364. The van der Waals surface area contributed by atoms with Gasteiger partial charge in [-0.05, 0) is 30.0 Å². The van der Waals surface area contributed by atoms with E-state index < -0.39 is 0 Å². The van der Waals surface area contributed by atoms with Gasteiger partial charge in [0.15, 0.2) is 5.75 Å². The van der Waals surface area contributed by atoms with E-state index >= 15 is 0 Å². The number of aryl methyl sites for hydroxylation is 1. The molecule has 1 rings (SSSR count). The maximum Gasteiger partial charge on any atom is 0.423 e. The highest BCUT2D eigenvalue weighted by Crippen LogP contribution is 2.29. The normalized spacial score (nSPS) is 10.1. The van der Waals surface area contributed by atoms with Gasteiger partial charge in [-0.25, -0.2) is 4.79 Å². The van der Waals surface area contributed by atoms with Crippen molar-refractivity contribution < 1.29 is 9.53 Å². The highest BCUT2D eigenvalue weighted by atomic mass is 127. The molecule has 1 aromatic rings. The molecular formula is C11H12I2NO2. The van der Waals surface area contributed by atoms with Gasteiger partial charge in [0.1, 0.15) is 0 Å². The van der Waals surface area contributed by atoms with Crippen LogP contribution in [0.25, 0.3) is 0 Å². The summed E-state index contributed by atoms with van der Waals surface area (Å²) in [5, 5.41) is 0. The Kier molecular flexibility index (Phi) is 6.40. The second-order valence-corrected chi connectivity index (χ2v) is 5.34. The van der Waals surface area contributed by atoms with Gasteiger partial charge in [-0.1, -0.05) is 51.2 Å². The molecule has 2 N–H and O–H groups in total. The van der Waals surface area contributed by atoms with Crippen molar-refractivity contribution in [3.05, 3.63) is 23.3 Å². The number of alkyl halides is 2. The van der Waals surface area contributed by atoms with Gasteiger partial charge in [-0.15, -0.1) is 0 Å². The molecule has 87 valence electrons. The first-order valence-electron chi connectivity index (χ1n) is 4.80. The van der Waals surface area contributed by atoms with E-state index in [2.05, 4.69) is 45.2 Å². The van der Waals surface area contributed by atoms with Crippen molar-refractivity contribution in [1.29, 1.82) is 0 Å². The van der Waals surface area contributed by atoms with Gasteiger partial charge in [-0.3, -0.25) is 0 Å². The van der Waals surface area contributed by atoms with Gasteiger partial charge >= 0.3 is 6.47 Å². The minimum atomic E-state index is 0.409. The van der Waals surface area contributed by atoms with E-state index in [-0.39, 0.29) is 0 Å². The maximum absolute atomic E-state index is 10.2. The van der Waals surface area contributed by atoms with Gasteiger partial charge < -0.3 is 10.5 Å². The lowest BCUT2D eigenvalue weighted by Crippen LogP contribution is -2.05. The lowest BCUT2D eigenvalue weighted by molar-refractivity contribution is 0.443. The fourth-order valence-electron chi connectivity index (χ4n) is 1.55. The zero-order valence-corrected chi connectivity index (χ0v) is 12.9. The monoisotopic (exact) mass is 444 g/mol. The Morgan fingerprint density at radius 2 is 1.94 bits per heavy atom. The predicted octanol–water partition coefficient (Wildman–Crippen LogP) is 2.67. The Bertz CT molecular complexity index is 369. The maximum atomic E-state index is 10.2. The van der Waals surface area contributed by atoms with E-state index in [1.807, 2.05) is 6.07 Å². The molecule has 1 radical (unpaired) electrons. The summed E-state index contributed by atoms with van der Waals surface area (Å²) < 4.78 is 6.76. The van der Waals surface area contributed by atoms with E-state index in [9.17, 15) is 4.79 Å². The number of ether oxygens (including phenoxy) is 1. The minimum absolute atomic E-state index is 0.409. The summed E-state index contributed by atoms with van der Waals surface area (Å²) in [6.45, 7) is 1.41. The highest BCUT2D eigenvalue weighted by Gasteiger charge is 2.11. The summed E-state index contributed by atoms with van der Waals surface area (Å²) in [4.78, 5) is 10.2. The third-order valence-electron chi connectivity index (χ3n) is 2.27. The molecule has 0 fully saturated rings. The molecule has 0 spiro atoms. The highest BCUT2D eigenvalue weighted by molar-refractivity contribution is 14.1.